The highest BCUT2D eigenvalue weighted by molar-refractivity contribution is 14.0. The van der Waals surface area contributed by atoms with Crippen molar-refractivity contribution in [1.29, 1.82) is 0 Å². The van der Waals surface area contributed by atoms with Crippen LogP contribution in [0.4, 0.5) is 0 Å². The van der Waals surface area contributed by atoms with Crippen LogP contribution in [0.3, 0.4) is 0 Å². The molecule has 3 N–H and O–H groups in total. The van der Waals surface area contributed by atoms with Crippen molar-refractivity contribution in [1.82, 2.24) is 6.15 Å². The average molecular weight is 785 g/mol. The minimum atomic E-state index is 0. The van der Waals surface area contributed by atoms with Crippen molar-refractivity contribution < 1.29 is 0 Å². The monoisotopic (exact) mass is 785 g/mol. The highest BCUT2D eigenvalue weighted by atomic mass is 127. The minimum Gasteiger partial charge on any atom is -0.344 e. The van der Waals surface area contributed by atoms with Crippen molar-refractivity contribution in [3.63, 3.8) is 0 Å². The van der Waals surface area contributed by atoms with Gasteiger partial charge in [0.25, 0.3) is 0 Å². The Labute approximate surface area is 146 Å². The fraction of sp³-hybridized carbons (Fsp3) is 0. The third kappa shape index (κ3) is 38.2. The summed E-state index contributed by atoms with van der Waals surface area (Å²) >= 11 is 0. The van der Waals surface area contributed by atoms with Crippen molar-refractivity contribution in [2.45, 2.75) is 0 Å². The standard InChI is InChI=1S/6HI.H3N/h6*1H;1H3. The van der Waals surface area contributed by atoms with E-state index in [9.17, 15) is 0 Å². The third-order valence-electron chi connectivity index (χ3n) is 0. The van der Waals surface area contributed by atoms with Gasteiger partial charge >= 0.3 is 0 Å². The van der Waals surface area contributed by atoms with Crippen LogP contribution in [-0.4, -0.2) is 0 Å². The van der Waals surface area contributed by atoms with Gasteiger partial charge in [0.2, 0.25) is 0 Å². The predicted octanol–water partition coefficient (Wildman–Crippen LogP) is 3.87. The highest BCUT2D eigenvalue weighted by Gasteiger charge is -0.102. The van der Waals surface area contributed by atoms with Crippen LogP contribution in [0.2, 0.25) is 0 Å². The number of hydrogen-bond donors (Lipinski definition) is 1. The SMILES string of the molecule is I.I.I.I.I.I.N. The van der Waals surface area contributed by atoms with E-state index in [1.165, 1.54) is 0 Å². The molecule has 7 heavy (non-hydrogen) atoms. The molecule has 0 saturated carbocycles. The van der Waals surface area contributed by atoms with E-state index in [0.717, 1.165) is 0 Å². The van der Waals surface area contributed by atoms with E-state index < -0.39 is 0 Å². The molecule has 0 radical (unpaired) electrons. The molecule has 0 heterocycles. The maximum atomic E-state index is 0. The predicted molar refractivity (Wildman–Crippen MR) is 97.5 cm³/mol. The molecule has 0 bridgehead atoms. The van der Waals surface area contributed by atoms with Crippen LogP contribution in [0.1, 0.15) is 0 Å². The second kappa shape index (κ2) is 47.9. The van der Waals surface area contributed by atoms with E-state index in [-0.39, 0.29) is 150 Å². The molecule has 0 rings (SSSR count). The van der Waals surface area contributed by atoms with E-state index in [0.29, 0.717) is 0 Å². The maximum absolute atomic E-state index is 0. The molecule has 1 nitrogen and oxygen atoms in total. The van der Waals surface area contributed by atoms with E-state index >= 15 is 0 Å². The van der Waals surface area contributed by atoms with E-state index in [1.807, 2.05) is 0 Å². The lowest BCUT2D eigenvalue weighted by molar-refractivity contribution is 2.13. The molecular weight excluding hydrogens is 775 g/mol. The lowest BCUT2D eigenvalue weighted by atomic mass is 14.0. The van der Waals surface area contributed by atoms with Crippen molar-refractivity contribution in [3.05, 3.63) is 0 Å². The van der Waals surface area contributed by atoms with E-state index in [2.05, 4.69) is 0 Å². The van der Waals surface area contributed by atoms with Gasteiger partial charge in [-0.3, -0.25) is 0 Å². The molecule has 0 spiro atoms. The summed E-state index contributed by atoms with van der Waals surface area (Å²) in [6.07, 6.45) is 0. The summed E-state index contributed by atoms with van der Waals surface area (Å²) in [5.41, 5.74) is 0. The molecule has 0 amide bonds. The van der Waals surface area contributed by atoms with E-state index in [1.54, 1.807) is 0 Å². The quantitative estimate of drug-likeness (QED) is 0.373. The summed E-state index contributed by atoms with van der Waals surface area (Å²) in [6.45, 7) is 0. The van der Waals surface area contributed by atoms with Gasteiger partial charge in [-0.05, 0) is 0 Å². The van der Waals surface area contributed by atoms with Crippen molar-refractivity contribution in [3.8, 4) is 0 Å². The molecule has 0 aromatic rings. The van der Waals surface area contributed by atoms with Gasteiger partial charge < -0.3 is 6.15 Å². The first kappa shape index (κ1) is 64.4. The maximum Gasteiger partial charge on any atom is -0.107 e. The molecular formula is H9I6N. The Morgan fingerprint density at radius 3 is 0.286 bits per heavy atom. The first-order valence-electron chi connectivity index (χ1n) is 0. The van der Waals surface area contributed by atoms with Gasteiger partial charge in [-0.2, -0.15) is 0 Å². The molecule has 0 fully saturated rings. The first-order chi connectivity index (χ1) is 0. The lowest BCUT2D eigenvalue weighted by Crippen LogP contribution is -0.481. The van der Waals surface area contributed by atoms with Crippen LogP contribution in [0.5, 0.6) is 0 Å². The summed E-state index contributed by atoms with van der Waals surface area (Å²) in [4.78, 5) is 0. The summed E-state index contributed by atoms with van der Waals surface area (Å²) in [6, 6.07) is 0. The molecule has 7 heteroatoms. The molecule has 0 atom stereocenters. The first-order valence-corrected chi connectivity index (χ1v) is 0. The van der Waals surface area contributed by atoms with Crippen LogP contribution >= 0.6 is 144 Å². The summed E-state index contributed by atoms with van der Waals surface area (Å²) in [5, 5.41) is 0. The molecule has 0 aliphatic heterocycles. The van der Waals surface area contributed by atoms with Gasteiger partial charge in [0, 0.05) is 0 Å². The Hall–Kier alpha value is 4.34. The Kier molecular flexibility index (Phi) is 440. The van der Waals surface area contributed by atoms with Crippen LogP contribution < -0.4 is 6.15 Å². The number of halogens is 6. The van der Waals surface area contributed by atoms with Crippen LogP contribution in [-0.2, 0) is 0 Å². The highest BCUT2D eigenvalue weighted by Crippen LogP contribution is 0.891. The van der Waals surface area contributed by atoms with Crippen LogP contribution in [0.15, 0.2) is 0 Å². The normalized spacial score (nSPS) is 0. The Morgan fingerprint density at radius 2 is 0.286 bits per heavy atom. The fourth-order valence-corrected chi connectivity index (χ4v) is 0. The van der Waals surface area contributed by atoms with Gasteiger partial charge in [-0.1, -0.05) is 0 Å². The van der Waals surface area contributed by atoms with Crippen molar-refractivity contribution in [2.24, 2.45) is 0 Å². The minimum absolute atomic E-state index is 0. The smallest absolute Gasteiger partial charge is 0.107 e. The summed E-state index contributed by atoms with van der Waals surface area (Å²) < 4.78 is 0. The lowest BCUT2D eigenvalue weighted by Gasteiger charge is -0.344. The number of rotatable bonds is 0. The largest absolute Gasteiger partial charge is 0.344 e. The zero-order valence-corrected chi connectivity index (χ0v) is 17.1. The fourth-order valence-electron chi connectivity index (χ4n) is 0. The molecule has 0 unspecified atom stereocenters. The number of hydrogen-bond acceptors (Lipinski definition) is 1. The Bertz CT molecular complexity index is 4.14. The Balaban J connectivity index is 0. The topological polar surface area (TPSA) is 35.0 Å². The molecule has 0 aromatic carbocycles. The van der Waals surface area contributed by atoms with E-state index in [4.69, 9.17) is 0 Å². The van der Waals surface area contributed by atoms with Crippen LogP contribution in [0.25, 0.3) is 0 Å². The Morgan fingerprint density at radius 1 is 0.286 bits per heavy atom. The summed E-state index contributed by atoms with van der Waals surface area (Å²) in [5.74, 6) is 0. The van der Waals surface area contributed by atoms with Crippen molar-refractivity contribution in [2.75, 3.05) is 0 Å². The second-order valence-corrected chi connectivity index (χ2v) is 0. The van der Waals surface area contributed by atoms with Gasteiger partial charge in [-0.15, -0.1) is 144 Å². The average Bonchev–Trinajstić information content (AvgIpc) is 0. The van der Waals surface area contributed by atoms with Gasteiger partial charge in [0.05, 0.1) is 0 Å². The van der Waals surface area contributed by atoms with Crippen LogP contribution in [0, 0.1) is 0 Å². The molecule has 0 aromatic heterocycles. The summed E-state index contributed by atoms with van der Waals surface area (Å²) in [7, 11) is 0. The molecule has 56 valence electrons. The van der Waals surface area contributed by atoms with Crippen molar-refractivity contribution >= 4 is 144 Å². The second-order valence-electron chi connectivity index (χ2n) is 0. The molecule has 0 aliphatic carbocycles. The molecule has 0 saturated heterocycles. The van der Waals surface area contributed by atoms with Gasteiger partial charge in [0.15, 0.2) is 0 Å². The van der Waals surface area contributed by atoms with Gasteiger partial charge in [-0.25, -0.2) is 0 Å². The third-order valence-corrected chi connectivity index (χ3v) is 0. The van der Waals surface area contributed by atoms with Gasteiger partial charge in [0.1, 0.15) is 0 Å². The zero-order valence-electron chi connectivity index (χ0n) is 3.16. The zero-order chi connectivity index (χ0) is 0. The molecule has 0 aliphatic rings.